The molecule has 0 spiro atoms. The quantitative estimate of drug-likeness (QED) is 0.781. The molecule has 18 heavy (non-hydrogen) atoms. The van der Waals surface area contributed by atoms with Gasteiger partial charge >= 0.3 is 0 Å². The summed E-state index contributed by atoms with van der Waals surface area (Å²) in [7, 11) is 3.33. The molecule has 6 heteroatoms. The number of nitrogens with one attached hydrogen (secondary N) is 1. The van der Waals surface area contributed by atoms with Crippen molar-refractivity contribution >= 4 is 11.7 Å². The van der Waals surface area contributed by atoms with E-state index in [9.17, 15) is 9.90 Å². The highest BCUT2D eigenvalue weighted by Crippen LogP contribution is 2.05. The lowest BCUT2D eigenvalue weighted by molar-refractivity contribution is 0.0821. The highest BCUT2D eigenvalue weighted by molar-refractivity contribution is 5.91. The van der Waals surface area contributed by atoms with Crippen LogP contribution in [0.5, 0.6) is 0 Å². The highest BCUT2D eigenvalue weighted by Gasteiger charge is 2.10. The second kappa shape index (κ2) is 6.90. The molecule has 0 aliphatic heterocycles. The minimum absolute atomic E-state index is 0.180. The van der Waals surface area contributed by atoms with Crippen LogP contribution in [-0.4, -0.2) is 52.9 Å². The van der Waals surface area contributed by atoms with Crippen molar-refractivity contribution < 1.29 is 9.90 Å². The van der Waals surface area contributed by atoms with Gasteiger partial charge in [0.1, 0.15) is 5.82 Å². The van der Waals surface area contributed by atoms with Gasteiger partial charge in [-0.15, -0.1) is 10.2 Å². The number of rotatable bonds is 6. The normalized spacial score (nSPS) is 12.0. The number of carbonyl (C=O) groups excluding carboxylic acids is 1. The first-order valence-corrected chi connectivity index (χ1v) is 6.02. The Labute approximate surface area is 107 Å². The van der Waals surface area contributed by atoms with Crippen LogP contribution < -0.4 is 5.32 Å². The molecule has 0 radical (unpaired) electrons. The third-order valence-corrected chi connectivity index (χ3v) is 2.43. The van der Waals surface area contributed by atoms with E-state index in [-0.39, 0.29) is 12.0 Å². The Balaban J connectivity index is 2.53. The molecule has 0 aromatic carbocycles. The molecular weight excluding hydrogens is 232 g/mol. The van der Waals surface area contributed by atoms with E-state index in [2.05, 4.69) is 15.5 Å². The summed E-state index contributed by atoms with van der Waals surface area (Å²) in [6.45, 7) is 2.45. The Hall–Kier alpha value is -1.69. The summed E-state index contributed by atoms with van der Waals surface area (Å²) in [6, 6.07) is 3.30. The summed E-state index contributed by atoms with van der Waals surface area (Å²) in [5.74, 6) is 0.375. The average Bonchev–Trinajstić information content (AvgIpc) is 2.36. The second-order valence-corrected chi connectivity index (χ2v) is 4.33. The van der Waals surface area contributed by atoms with Gasteiger partial charge in [-0.2, -0.15) is 0 Å². The molecule has 2 N–H and O–H groups in total. The molecule has 0 saturated carbocycles. The Morgan fingerprint density at radius 1 is 1.44 bits per heavy atom. The maximum atomic E-state index is 11.6. The number of anilines is 1. The largest absolute Gasteiger partial charge is 0.391 e. The van der Waals surface area contributed by atoms with Crippen molar-refractivity contribution in [2.24, 2.45) is 0 Å². The van der Waals surface area contributed by atoms with Gasteiger partial charge in [0, 0.05) is 20.6 Å². The molecule has 0 aliphatic rings. The number of hydrogen-bond acceptors (Lipinski definition) is 5. The summed E-state index contributed by atoms with van der Waals surface area (Å²) >= 11 is 0. The van der Waals surface area contributed by atoms with Gasteiger partial charge < -0.3 is 15.3 Å². The zero-order valence-electron chi connectivity index (χ0n) is 11.1. The van der Waals surface area contributed by atoms with Crippen molar-refractivity contribution in [2.45, 2.75) is 25.9 Å². The fraction of sp³-hybridized carbons (Fsp3) is 0.583. The lowest BCUT2D eigenvalue weighted by Crippen LogP contribution is -2.23. The number of aromatic nitrogens is 2. The molecule has 6 nitrogen and oxygen atoms in total. The SMILES string of the molecule is CCCC(O)CNc1ccc(C(=O)N(C)C)nn1. The Morgan fingerprint density at radius 2 is 2.17 bits per heavy atom. The molecule has 1 atom stereocenters. The number of hydrogen-bond donors (Lipinski definition) is 2. The van der Waals surface area contributed by atoms with E-state index in [0.717, 1.165) is 12.8 Å². The van der Waals surface area contributed by atoms with Gasteiger partial charge in [0.2, 0.25) is 0 Å². The van der Waals surface area contributed by atoms with Crippen molar-refractivity contribution in [1.29, 1.82) is 0 Å². The van der Waals surface area contributed by atoms with Crippen LogP contribution in [0.4, 0.5) is 5.82 Å². The number of aliphatic hydroxyl groups is 1. The van der Waals surface area contributed by atoms with Crippen LogP contribution in [0, 0.1) is 0 Å². The van der Waals surface area contributed by atoms with Crippen molar-refractivity contribution in [3.05, 3.63) is 17.8 Å². The molecule has 0 bridgehead atoms. The first-order valence-electron chi connectivity index (χ1n) is 6.02. The zero-order chi connectivity index (χ0) is 13.5. The molecule has 0 aliphatic carbocycles. The predicted octanol–water partition coefficient (Wildman–Crippen LogP) is 0.751. The van der Waals surface area contributed by atoms with E-state index in [1.54, 1.807) is 26.2 Å². The van der Waals surface area contributed by atoms with Crippen LogP contribution in [0.25, 0.3) is 0 Å². The summed E-state index contributed by atoms with van der Waals surface area (Å²) in [6.07, 6.45) is 1.29. The van der Waals surface area contributed by atoms with Gasteiger partial charge in [-0.1, -0.05) is 13.3 Å². The van der Waals surface area contributed by atoms with E-state index in [1.807, 2.05) is 6.92 Å². The number of amides is 1. The van der Waals surface area contributed by atoms with Gasteiger partial charge in [0.25, 0.3) is 5.91 Å². The van der Waals surface area contributed by atoms with Crippen molar-refractivity contribution in [1.82, 2.24) is 15.1 Å². The molecule has 1 unspecified atom stereocenters. The maximum Gasteiger partial charge on any atom is 0.273 e. The standard InChI is InChI=1S/C12H20N4O2/c1-4-5-9(17)8-13-11-7-6-10(14-15-11)12(18)16(2)3/h6-7,9,17H,4-5,8H2,1-3H3,(H,13,15). The first-order chi connectivity index (χ1) is 8.54. The summed E-state index contributed by atoms with van der Waals surface area (Å²) in [5, 5.41) is 20.3. The topological polar surface area (TPSA) is 78.4 Å². The Morgan fingerprint density at radius 3 is 2.67 bits per heavy atom. The van der Waals surface area contributed by atoms with Crippen molar-refractivity contribution in [3.8, 4) is 0 Å². The Kier molecular flexibility index (Phi) is 5.51. The lowest BCUT2D eigenvalue weighted by atomic mass is 10.2. The third kappa shape index (κ3) is 4.29. The number of aliphatic hydroxyl groups excluding tert-OH is 1. The van der Waals surface area contributed by atoms with E-state index in [4.69, 9.17) is 0 Å². The fourth-order valence-electron chi connectivity index (χ4n) is 1.43. The monoisotopic (exact) mass is 252 g/mol. The molecule has 100 valence electrons. The zero-order valence-corrected chi connectivity index (χ0v) is 11.1. The molecule has 1 aromatic heterocycles. The average molecular weight is 252 g/mol. The summed E-state index contributed by atoms with van der Waals surface area (Å²) in [5.41, 5.74) is 0.305. The van der Waals surface area contributed by atoms with Crippen LogP contribution in [-0.2, 0) is 0 Å². The highest BCUT2D eigenvalue weighted by atomic mass is 16.3. The van der Waals surface area contributed by atoms with E-state index in [1.165, 1.54) is 4.90 Å². The molecule has 1 rings (SSSR count). The molecule has 1 aromatic rings. The molecule has 0 fully saturated rings. The van der Waals surface area contributed by atoms with Gasteiger partial charge in [-0.05, 0) is 18.6 Å². The van der Waals surface area contributed by atoms with Crippen LogP contribution in [0.15, 0.2) is 12.1 Å². The minimum atomic E-state index is -0.389. The van der Waals surface area contributed by atoms with Gasteiger partial charge in [-0.3, -0.25) is 4.79 Å². The summed E-state index contributed by atoms with van der Waals surface area (Å²) < 4.78 is 0. The predicted molar refractivity (Wildman–Crippen MR) is 69.5 cm³/mol. The fourth-order valence-corrected chi connectivity index (χ4v) is 1.43. The van der Waals surface area contributed by atoms with E-state index >= 15 is 0 Å². The number of nitrogens with zero attached hydrogens (tertiary/aromatic N) is 3. The number of carbonyl (C=O) groups is 1. The van der Waals surface area contributed by atoms with E-state index in [0.29, 0.717) is 18.1 Å². The van der Waals surface area contributed by atoms with Gasteiger partial charge in [-0.25, -0.2) is 0 Å². The van der Waals surface area contributed by atoms with Crippen LogP contribution in [0.2, 0.25) is 0 Å². The lowest BCUT2D eigenvalue weighted by Gasteiger charge is -2.11. The van der Waals surface area contributed by atoms with Gasteiger partial charge in [0.05, 0.1) is 6.10 Å². The van der Waals surface area contributed by atoms with E-state index < -0.39 is 0 Å². The van der Waals surface area contributed by atoms with Crippen LogP contribution in [0.1, 0.15) is 30.3 Å². The maximum absolute atomic E-state index is 11.6. The smallest absolute Gasteiger partial charge is 0.273 e. The summed E-state index contributed by atoms with van der Waals surface area (Å²) in [4.78, 5) is 13.0. The molecule has 1 amide bonds. The van der Waals surface area contributed by atoms with Gasteiger partial charge in [0.15, 0.2) is 5.69 Å². The second-order valence-electron chi connectivity index (χ2n) is 4.33. The Bertz CT molecular complexity index is 378. The van der Waals surface area contributed by atoms with Crippen molar-refractivity contribution in [3.63, 3.8) is 0 Å². The molecule has 1 heterocycles. The first kappa shape index (κ1) is 14.4. The molecule has 0 saturated heterocycles. The third-order valence-electron chi connectivity index (χ3n) is 2.43. The van der Waals surface area contributed by atoms with Crippen LogP contribution in [0.3, 0.4) is 0 Å². The van der Waals surface area contributed by atoms with Crippen molar-refractivity contribution in [2.75, 3.05) is 26.0 Å². The molecular formula is C12H20N4O2. The minimum Gasteiger partial charge on any atom is -0.391 e. The van der Waals surface area contributed by atoms with Crippen LogP contribution >= 0.6 is 0 Å².